The molecule has 17 heavy (non-hydrogen) atoms. The summed E-state index contributed by atoms with van der Waals surface area (Å²) in [6, 6.07) is 0. The minimum Gasteiger partial charge on any atom is -0.479 e. The van der Waals surface area contributed by atoms with Crippen molar-refractivity contribution in [1.29, 1.82) is 0 Å². The van der Waals surface area contributed by atoms with E-state index in [0.29, 0.717) is 6.42 Å². The van der Waals surface area contributed by atoms with Gasteiger partial charge in [-0.15, -0.1) is 0 Å². The van der Waals surface area contributed by atoms with Gasteiger partial charge in [0.05, 0.1) is 0 Å². The third-order valence-electron chi connectivity index (χ3n) is 2.33. The van der Waals surface area contributed by atoms with Crippen molar-refractivity contribution in [2.24, 2.45) is 0 Å². The van der Waals surface area contributed by atoms with E-state index in [1.807, 2.05) is 0 Å². The summed E-state index contributed by atoms with van der Waals surface area (Å²) in [6.07, 6.45) is 4.35. The van der Waals surface area contributed by atoms with Gasteiger partial charge < -0.3 is 5.11 Å². The fourth-order valence-electron chi connectivity index (χ4n) is 1.47. The molecule has 1 unspecified atom stereocenters. The lowest BCUT2D eigenvalue weighted by Gasteiger charge is -2.10. The van der Waals surface area contributed by atoms with E-state index in [0.717, 1.165) is 32.1 Å². The maximum Gasteiger partial charge on any atom is 0.398 e. The largest absolute Gasteiger partial charge is 0.479 e. The van der Waals surface area contributed by atoms with Crippen LogP contribution in [0.5, 0.6) is 0 Å². The molecule has 102 valence electrons. The van der Waals surface area contributed by atoms with Crippen LogP contribution in [-0.4, -0.2) is 30.2 Å². The molecule has 0 aliphatic rings. The van der Waals surface area contributed by atoms with Gasteiger partial charge in [0.25, 0.3) is 0 Å². The van der Waals surface area contributed by atoms with Gasteiger partial charge >= 0.3 is 16.4 Å². The van der Waals surface area contributed by atoms with Crippen LogP contribution in [0.1, 0.15) is 51.9 Å². The van der Waals surface area contributed by atoms with Crippen LogP contribution in [0.4, 0.5) is 0 Å². The second-order valence-electron chi connectivity index (χ2n) is 3.91. The summed E-state index contributed by atoms with van der Waals surface area (Å²) in [5.74, 6) is -1.38. The van der Waals surface area contributed by atoms with Crippen molar-refractivity contribution >= 4 is 16.4 Å². The van der Waals surface area contributed by atoms with Crippen LogP contribution in [0.2, 0.25) is 0 Å². The van der Waals surface area contributed by atoms with Gasteiger partial charge in [-0.3, -0.25) is 4.55 Å². The molecule has 0 bridgehead atoms. The first-order valence-corrected chi connectivity index (χ1v) is 7.12. The summed E-state index contributed by atoms with van der Waals surface area (Å²) in [5.41, 5.74) is 0. The molecule has 0 saturated carbocycles. The Labute approximate surface area is 102 Å². The second kappa shape index (κ2) is 8.43. The first-order chi connectivity index (χ1) is 7.87. The van der Waals surface area contributed by atoms with E-state index < -0.39 is 22.5 Å². The molecule has 2 N–H and O–H groups in total. The summed E-state index contributed by atoms with van der Waals surface area (Å²) in [4.78, 5) is 10.6. The smallest absolute Gasteiger partial charge is 0.398 e. The third-order valence-corrected chi connectivity index (χ3v) is 2.81. The SMILES string of the molecule is CCCCCCCCC(OS(=O)(=O)O)C(=O)O. The van der Waals surface area contributed by atoms with Crippen molar-refractivity contribution in [2.75, 3.05) is 0 Å². The highest BCUT2D eigenvalue weighted by atomic mass is 32.3. The van der Waals surface area contributed by atoms with Gasteiger partial charge in [-0.05, 0) is 6.42 Å². The van der Waals surface area contributed by atoms with E-state index in [1.54, 1.807) is 0 Å². The molecule has 0 aliphatic carbocycles. The highest BCUT2D eigenvalue weighted by Gasteiger charge is 2.23. The fourth-order valence-corrected chi connectivity index (χ4v) is 1.94. The number of carbonyl (C=O) groups is 1. The maximum atomic E-state index is 10.6. The molecule has 0 fully saturated rings. The molecule has 0 rings (SSSR count). The van der Waals surface area contributed by atoms with Crippen LogP contribution in [0.3, 0.4) is 0 Å². The Morgan fingerprint density at radius 3 is 2.18 bits per heavy atom. The Morgan fingerprint density at radius 2 is 1.71 bits per heavy atom. The predicted molar refractivity (Wildman–Crippen MR) is 62.1 cm³/mol. The predicted octanol–water partition coefficient (Wildman–Crippen LogP) is 2.01. The van der Waals surface area contributed by atoms with Crippen LogP contribution in [-0.2, 0) is 19.4 Å². The zero-order valence-corrected chi connectivity index (χ0v) is 10.8. The molecule has 0 aromatic carbocycles. The Morgan fingerprint density at radius 1 is 1.18 bits per heavy atom. The summed E-state index contributed by atoms with van der Waals surface area (Å²) in [7, 11) is -4.70. The van der Waals surface area contributed by atoms with Gasteiger partial charge in [-0.25, -0.2) is 8.98 Å². The molecule has 0 aromatic rings. The lowest BCUT2D eigenvalue weighted by molar-refractivity contribution is -0.145. The average molecular weight is 268 g/mol. The van der Waals surface area contributed by atoms with Crippen LogP contribution in [0.25, 0.3) is 0 Å². The Kier molecular flexibility index (Phi) is 8.11. The van der Waals surface area contributed by atoms with E-state index in [2.05, 4.69) is 11.1 Å². The number of rotatable bonds is 10. The van der Waals surface area contributed by atoms with Crippen LogP contribution >= 0.6 is 0 Å². The molecule has 1 atom stereocenters. The molecular weight excluding hydrogens is 248 g/mol. The summed E-state index contributed by atoms with van der Waals surface area (Å²) in [5, 5.41) is 8.68. The summed E-state index contributed by atoms with van der Waals surface area (Å²) in [6.45, 7) is 2.10. The standard InChI is InChI=1S/C10H20O6S/c1-2-3-4-5-6-7-8-9(10(11)12)16-17(13,14)15/h9H,2-8H2,1H3,(H,11,12)(H,13,14,15). The first-order valence-electron chi connectivity index (χ1n) is 5.75. The summed E-state index contributed by atoms with van der Waals surface area (Å²) >= 11 is 0. The van der Waals surface area contributed by atoms with Crippen LogP contribution in [0.15, 0.2) is 0 Å². The Balaban J connectivity index is 3.83. The lowest BCUT2D eigenvalue weighted by Crippen LogP contribution is -2.26. The molecule has 0 heterocycles. The first kappa shape index (κ1) is 16.3. The zero-order valence-electron chi connectivity index (χ0n) is 9.96. The van der Waals surface area contributed by atoms with E-state index in [-0.39, 0.29) is 6.42 Å². The number of carboxylic acid groups (broad SMARTS) is 1. The van der Waals surface area contributed by atoms with E-state index >= 15 is 0 Å². The van der Waals surface area contributed by atoms with Crippen molar-refractivity contribution in [3.05, 3.63) is 0 Å². The topological polar surface area (TPSA) is 101 Å². The van der Waals surface area contributed by atoms with E-state index in [9.17, 15) is 13.2 Å². The Bertz CT molecular complexity index is 311. The minimum atomic E-state index is -4.70. The average Bonchev–Trinajstić information content (AvgIpc) is 2.19. The van der Waals surface area contributed by atoms with Crippen molar-refractivity contribution in [1.82, 2.24) is 0 Å². The molecule has 0 aliphatic heterocycles. The zero-order chi connectivity index (χ0) is 13.3. The second-order valence-corrected chi connectivity index (χ2v) is 4.96. The maximum absolute atomic E-state index is 10.6. The molecule has 0 spiro atoms. The van der Waals surface area contributed by atoms with Crippen LogP contribution in [0, 0.1) is 0 Å². The number of unbranched alkanes of at least 4 members (excludes halogenated alkanes) is 5. The van der Waals surface area contributed by atoms with Gasteiger partial charge in [0.15, 0.2) is 6.10 Å². The quantitative estimate of drug-likeness (QED) is 0.464. The Hall–Kier alpha value is -0.660. The van der Waals surface area contributed by atoms with E-state index in [1.165, 1.54) is 0 Å². The molecule has 7 heteroatoms. The van der Waals surface area contributed by atoms with E-state index in [4.69, 9.17) is 9.66 Å². The van der Waals surface area contributed by atoms with Crippen molar-refractivity contribution < 1.29 is 27.1 Å². The van der Waals surface area contributed by atoms with Gasteiger partial charge in [0, 0.05) is 0 Å². The molecule has 0 amide bonds. The van der Waals surface area contributed by atoms with Gasteiger partial charge in [-0.1, -0.05) is 45.4 Å². The highest BCUT2D eigenvalue weighted by molar-refractivity contribution is 7.80. The van der Waals surface area contributed by atoms with Crippen LogP contribution < -0.4 is 0 Å². The lowest BCUT2D eigenvalue weighted by atomic mass is 10.1. The molecule has 0 aromatic heterocycles. The van der Waals surface area contributed by atoms with Crippen molar-refractivity contribution in [3.63, 3.8) is 0 Å². The van der Waals surface area contributed by atoms with Crippen molar-refractivity contribution in [3.8, 4) is 0 Å². The van der Waals surface area contributed by atoms with Gasteiger partial charge in [-0.2, -0.15) is 8.42 Å². The molecule has 0 saturated heterocycles. The summed E-state index contributed by atoms with van der Waals surface area (Å²) < 4.78 is 33.2. The monoisotopic (exact) mass is 268 g/mol. The normalized spacial score (nSPS) is 13.5. The fraction of sp³-hybridized carbons (Fsp3) is 0.900. The van der Waals surface area contributed by atoms with Gasteiger partial charge in [0.2, 0.25) is 0 Å². The number of carboxylic acids is 1. The van der Waals surface area contributed by atoms with Gasteiger partial charge in [0.1, 0.15) is 0 Å². The number of aliphatic carboxylic acids is 1. The molecular formula is C10H20O6S. The number of hydrogen-bond acceptors (Lipinski definition) is 4. The molecule has 0 radical (unpaired) electrons. The van der Waals surface area contributed by atoms with Crippen molar-refractivity contribution in [2.45, 2.75) is 58.0 Å². The molecule has 6 nitrogen and oxygen atoms in total. The third kappa shape index (κ3) is 10.2. The highest BCUT2D eigenvalue weighted by Crippen LogP contribution is 2.12. The minimum absolute atomic E-state index is 0.0846. The number of hydrogen-bond donors (Lipinski definition) is 2.